The number of carbonyl (C=O) groups is 3. The molecule has 6 rings (SSSR count). The highest BCUT2D eigenvalue weighted by Crippen LogP contribution is 2.37. The van der Waals surface area contributed by atoms with Gasteiger partial charge in [0.05, 0.1) is 14.2 Å². The summed E-state index contributed by atoms with van der Waals surface area (Å²) in [6, 6.07) is 12.3. The molecule has 3 aromatic carbocycles. The molecular weight excluding hydrogens is 776 g/mol. The zero-order valence-electron chi connectivity index (χ0n) is 30.2. The lowest BCUT2D eigenvalue weighted by molar-refractivity contribution is -0.351. The summed E-state index contributed by atoms with van der Waals surface area (Å²) < 4.78 is 43.6. The van der Waals surface area contributed by atoms with Crippen LogP contribution in [0.15, 0.2) is 76.0 Å². The Morgan fingerprint density at radius 2 is 1.31 bits per heavy atom. The second kappa shape index (κ2) is 17.1. The van der Waals surface area contributed by atoms with Gasteiger partial charge in [-0.05, 0) is 42.0 Å². The molecule has 2 aliphatic heterocycles. The Kier molecular flexibility index (Phi) is 12.2. The Hall–Kier alpha value is -6.26. The average molecular weight is 813 g/mol. The molecule has 3 heterocycles. The van der Waals surface area contributed by atoms with Gasteiger partial charge in [0.2, 0.25) is 6.29 Å². The standard InChI is InChI=1S/C38H36O20/c1-51-35(49)31-28(46)30(48)34(37(56-31)53-18-12-21(42)26-22(43)14-23(54-24(26)13-18)16-6-9-19(40)20(41)11-16)58-38-33(29(47)27(45)32(57-38)36(50)52-2)55-25(44)10-5-15-3-7-17(39)8-4-15/h3-14,27-34,37-42,45-48H,1-2H3/b10-5+/t27-,28-,29-,30-,31-,32-,33+,34+,37+,38-/m0/s1. The van der Waals surface area contributed by atoms with Crippen LogP contribution >= 0.6 is 0 Å². The van der Waals surface area contributed by atoms with Crippen molar-refractivity contribution < 1.29 is 92.8 Å². The van der Waals surface area contributed by atoms with Crippen molar-refractivity contribution in [2.75, 3.05) is 14.2 Å². The maximum Gasteiger partial charge on any atom is 0.337 e. The molecule has 0 saturated carbocycles. The molecule has 2 aliphatic rings. The monoisotopic (exact) mass is 812 g/mol. The molecule has 10 atom stereocenters. The summed E-state index contributed by atoms with van der Waals surface area (Å²) in [6.07, 6.45) is -18.2. The zero-order chi connectivity index (χ0) is 42.0. The molecule has 8 N–H and O–H groups in total. The van der Waals surface area contributed by atoms with Gasteiger partial charge in [-0.1, -0.05) is 12.1 Å². The largest absolute Gasteiger partial charge is 0.508 e. The van der Waals surface area contributed by atoms with Crippen molar-refractivity contribution in [2.24, 2.45) is 0 Å². The summed E-state index contributed by atoms with van der Waals surface area (Å²) in [4.78, 5) is 51.2. The van der Waals surface area contributed by atoms with Crippen molar-refractivity contribution in [1.82, 2.24) is 0 Å². The fourth-order valence-electron chi connectivity index (χ4n) is 6.11. The minimum Gasteiger partial charge on any atom is -0.508 e. The van der Waals surface area contributed by atoms with Crippen molar-refractivity contribution >= 4 is 35.0 Å². The first-order valence-electron chi connectivity index (χ1n) is 17.1. The second-order valence-electron chi connectivity index (χ2n) is 12.9. The summed E-state index contributed by atoms with van der Waals surface area (Å²) in [7, 11) is 1.91. The normalized spacial score (nSPS) is 27.2. The van der Waals surface area contributed by atoms with E-state index in [1.54, 1.807) is 0 Å². The number of hydrogen-bond donors (Lipinski definition) is 8. The van der Waals surface area contributed by atoms with Crippen LogP contribution in [0, 0.1) is 0 Å². The maximum absolute atomic E-state index is 13.1. The van der Waals surface area contributed by atoms with E-state index < -0.39 is 102 Å². The average Bonchev–Trinajstić information content (AvgIpc) is 3.19. The molecule has 2 saturated heterocycles. The van der Waals surface area contributed by atoms with Gasteiger partial charge in [-0.2, -0.15) is 0 Å². The first-order chi connectivity index (χ1) is 27.6. The van der Waals surface area contributed by atoms with Gasteiger partial charge in [0.25, 0.3) is 0 Å². The van der Waals surface area contributed by atoms with E-state index in [0.29, 0.717) is 5.56 Å². The number of phenolic OH excluding ortho intramolecular Hbond substituents is 4. The third-order valence-electron chi connectivity index (χ3n) is 9.10. The number of fused-ring (bicyclic) bond motifs is 1. The minimum absolute atomic E-state index is 0.0406. The van der Waals surface area contributed by atoms with Gasteiger partial charge < -0.3 is 78.4 Å². The highest BCUT2D eigenvalue weighted by atomic mass is 16.8. The number of hydrogen-bond acceptors (Lipinski definition) is 20. The number of aliphatic hydroxyl groups is 4. The molecule has 0 bridgehead atoms. The Labute approximate surface area is 325 Å². The van der Waals surface area contributed by atoms with Crippen LogP contribution < -0.4 is 10.2 Å². The lowest BCUT2D eigenvalue weighted by atomic mass is 9.96. The fraction of sp³-hybridized carbons (Fsp3) is 0.316. The fourth-order valence-corrected chi connectivity index (χ4v) is 6.11. The highest BCUT2D eigenvalue weighted by Gasteiger charge is 2.55. The van der Waals surface area contributed by atoms with Crippen LogP contribution in [0.5, 0.6) is 28.7 Å². The molecule has 308 valence electrons. The number of esters is 3. The number of methoxy groups -OCH3 is 2. The SMILES string of the molecule is COC(=O)[C@H]1O[C@@H](O[C@H]2[C@H](Oc3cc(O)c4c(=O)cc(-c5ccc(O)c(O)c5)oc4c3)O[C@H](C(=O)OC)[C@@H](O)[C@@H]2O)[C@H](OC(=O)/C=C/c2ccc(O)cc2)[C@@H](O)[C@@H]1O. The third-order valence-corrected chi connectivity index (χ3v) is 9.10. The predicted molar refractivity (Wildman–Crippen MR) is 191 cm³/mol. The second-order valence-corrected chi connectivity index (χ2v) is 12.9. The van der Waals surface area contributed by atoms with Crippen LogP contribution in [0.4, 0.5) is 0 Å². The van der Waals surface area contributed by atoms with Crippen LogP contribution in [-0.4, -0.2) is 134 Å². The Balaban J connectivity index is 1.35. The van der Waals surface area contributed by atoms with Gasteiger partial charge in [0, 0.05) is 29.8 Å². The van der Waals surface area contributed by atoms with Crippen LogP contribution in [-0.2, 0) is 42.8 Å². The summed E-state index contributed by atoms with van der Waals surface area (Å²) >= 11 is 0. The van der Waals surface area contributed by atoms with Gasteiger partial charge in [0.15, 0.2) is 47.6 Å². The van der Waals surface area contributed by atoms with Crippen molar-refractivity contribution in [3.05, 3.63) is 82.5 Å². The van der Waals surface area contributed by atoms with E-state index in [2.05, 4.69) is 9.47 Å². The first-order valence-corrected chi connectivity index (χ1v) is 17.1. The Bertz CT molecular complexity index is 2250. The Morgan fingerprint density at radius 3 is 1.93 bits per heavy atom. The topological polar surface area (TPSA) is 308 Å². The van der Waals surface area contributed by atoms with E-state index in [0.717, 1.165) is 50.6 Å². The molecule has 0 radical (unpaired) electrons. The quantitative estimate of drug-likeness (QED) is 0.0449. The van der Waals surface area contributed by atoms with E-state index in [9.17, 15) is 60.0 Å². The van der Waals surface area contributed by atoms with E-state index in [-0.39, 0.29) is 33.8 Å². The molecule has 0 spiro atoms. The number of aliphatic hydroxyl groups excluding tert-OH is 4. The predicted octanol–water partition coefficient (Wildman–Crippen LogP) is -0.0890. The molecule has 0 aliphatic carbocycles. The minimum atomic E-state index is -2.15. The van der Waals surface area contributed by atoms with Gasteiger partial charge in [-0.25, -0.2) is 14.4 Å². The summed E-state index contributed by atoms with van der Waals surface area (Å²) in [5, 5.41) is 83.9. The maximum atomic E-state index is 13.1. The summed E-state index contributed by atoms with van der Waals surface area (Å²) in [5.41, 5.74) is -0.427. The molecule has 2 fully saturated rings. The van der Waals surface area contributed by atoms with Crippen molar-refractivity contribution in [1.29, 1.82) is 0 Å². The molecule has 20 heteroatoms. The summed E-state index contributed by atoms with van der Waals surface area (Å²) in [6.45, 7) is 0. The Morgan fingerprint density at radius 1 is 0.690 bits per heavy atom. The van der Waals surface area contributed by atoms with Crippen molar-refractivity contribution in [2.45, 2.75) is 61.4 Å². The van der Waals surface area contributed by atoms with Gasteiger partial charge in [-0.3, -0.25) is 4.79 Å². The van der Waals surface area contributed by atoms with Crippen molar-refractivity contribution in [3.63, 3.8) is 0 Å². The summed E-state index contributed by atoms with van der Waals surface area (Å²) in [5.74, 6) is -5.68. The van der Waals surface area contributed by atoms with Crippen LogP contribution in [0.2, 0.25) is 0 Å². The molecule has 4 aromatic rings. The lowest BCUT2D eigenvalue weighted by Gasteiger charge is -2.45. The molecule has 58 heavy (non-hydrogen) atoms. The van der Waals surface area contributed by atoms with Gasteiger partial charge in [0.1, 0.15) is 58.4 Å². The van der Waals surface area contributed by atoms with Gasteiger partial charge >= 0.3 is 17.9 Å². The number of rotatable bonds is 10. The van der Waals surface area contributed by atoms with Crippen molar-refractivity contribution in [3.8, 4) is 40.1 Å². The smallest absolute Gasteiger partial charge is 0.337 e. The molecular formula is C38H36O20. The van der Waals surface area contributed by atoms with Crippen LogP contribution in [0.1, 0.15) is 5.56 Å². The van der Waals surface area contributed by atoms with E-state index in [1.807, 2.05) is 0 Å². The van der Waals surface area contributed by atoms with Crippen LogP contribution in [0.3, 0.4) is 0 Å². The number of benzene rings is 3. The van der Waals surface area contributed by atoms with E-state index >= 15 is 0 Å². The number of ether oxygens (including phenoxy) is 7. The molecule has 0 unspecified atom stereocenters. The molecule has 1 aromatic heterocycles. The van der Waals surface area contributed by atoms with Gasteiger partial charge in [-0.15, -0.1) is 0 Å². The number of carbonyl (C=O) groups excluding carboxylic acids is 3. The highest BCUT2D eigenvalue weighted by molar-refractivity contribution is 5.87. The van der Waals surface area contributed by atoms with E-state index in [4.69, 9.17) is 28.1 Å². The lowest BCUT2D eigenvalue weighted by Crippen LogP contribution is -2.66. The number of phenols is 4. The number of aromatic hydroxyl groups is 4. The molecule has 20 nitrogen and oxygen atoms in total. The zero-order valence-corrected chi connectivity index (χ0v) is 30.2. The first kappa shape index (κ1) is 41.4. The van der Waals surface area contributed by atoms with Crippen LogP contribution in [0.25, 0.3) is 28.4 Å². The molecule has 0 amide bonds. The third kappa shape index (κ3) is 8.52. The van der Waals surface area contributed by atoms with E-state index in [1.165, 1.54) is 36.4 Å².